The van der Waals surface area contributed by atoms with Crippen LogP contribution < -0.4 is 5.32 Å². The summed E-state index contributed by atoms with van der Waals surface area (Å²) in [6, 6.07) is 15.7. The Morgan fingerprint density at radius 1 is 1.00 bits per heavy atom. The van der Waals surface area contributed by atoms with E-state index in [4.69, 9.17) is 0 Å². The maximum Gasteiger partial charge on any atom is 0.233 e. The number of carbonyl (C=O) groups is 2. The third kappa shape index (κ3) is 3.53. The highest BCUT2D eigenvalue weighted by Gasteiger charge is 2.48. The highest BCUT2D eigenvalue weighted by Crippen LogP contribution is 2.45. The van der Waals surface area contributed by atoms with Crippen LogP contribution in [-0.2, 0) is 15.0 Å². The first-order valence-corrected chi connectivity index (χ1v) is 10.00. The molecule has 28 heavy (non-hydrogen) atoms. The molecule has 146 valence electrons. The van der Waals surface area contributed by atoms with Crippen LogP contribution in [0.5, 0.6) is 0 Å². The second-order valence-corrected chi connectivity index (χ2v) is 7.89. The molecule has 2 aromatic carbocycles. The van der Waals surface area contributed by atoms with Crippen LogP contribution in [0.2, 0.25) is 0 Å². The fourth-order valence-corrected chi connectivity index (χ4v) is 4.37. The van der Waals surface area contributed by atoms with Gasteiger partial charge in [0.2, 0.25) is 11.8 Å². The summed E-state index contributed by atoms with van der Waals surface area (Å²) in [5, 5.41) is 2.96. The van der Waals surface area contributed by atoms with Gasteiger partial charge in [-0.2, -0.15) is 0 Å². The first kappa shape index (κ1) is 18.7. The van der Waals surface area contributed by atoms with Gasteiger partial charge in [0.05, 0.1) is 11.3 Å². The summed E-state index contributed by atoms with van der Waals surface area (Å²) in [4.78, 5) is 27.9. The molecule has 0 aromatic heterocycles. The van der Waals surface area contributed by atoms with Crippen molar-refractivity contribution in [2.75, 3.05) is 18.4 Å². The Morgan fingerprint density at radius 3 is 2.36 bits per heavy atom. The number of hydrogen-bond donors (Lipinski definition) is 1. The van der Waals surface area contributed by atoms with Crippen LogP contribution in [0.4, 0.5) is 10.1 Å². The second kappa shape index (κ2) is 7.74. The number of rotatable bonds is 4. The molecule has 1 N–H and O–H groups in total. The number of hydrogen-bond acceptors (Lipinski definition) is 2. The third-order valence-corrected chi connectivity index (χ3v) is 6.13. The largest absolute Gasteiger partial charge is 0.341 e. The smallest absolute Gasteiger partial charge is 0.233 e. The summed E-state index contributed by atoms with van der Waals surface area (Å²) >= 11 is 0. The molecule has 5 heteroatoms. The number of nitrogens with one attached hydrogen (secondary N) is 1. The number of nitrogens with zero attached hydrogens (tertiary/aromatic N) is 1. The molecule has 0 spiro atoms. The lowest BCUT2D eigenvalue weighted by Gasteiger charge is -2.45. The normalized spacial score (nSPS) is 20.9. The van der Waals surface area contributed by atoms with Crippen LogP contribution in [0.1, 0.15) is 37.7 Å². The van der Waals surface area contributed by atoms with Crippen LogP contribution >= 0.6 is 0 Å². The Morgan fingerprint density at radius 2 is 1.71 bits per heavy atom. The lowest BCUT2D eigenvalue weighted by Crippen LogP contribution is -2.54. The molecule has 2 aromatic rings. The van der Waals surface area contributed by atoms with E-state index in [0.717, 1.165) is 43.4 Å². The predicted molar refractivity (Wildman–Crippen MR) is 106 cm³/mol. The lowest BCUT2D eigenvalue weighted by atomic mass is 9.63. The summed E-state index contributed by atoms with van der Waals surface area (Å²) in [7, 11) is 0. The minimum Gasteiger partial charge on any atom is -0.341 e. The quantitative estimate of drug-likeness (QED) is 0.867. The molecule has 1 heterocycles. The number of likely N-dealkylation sites (tertiary alicyclic amines) is 1. The van der Waals surface area contributed by atoms with Crippen molar-refractivity contribution >= 4 is 17.5 Å². The standard InChI is InChI=1S/C23H25FN2O2/c24-19-11-9-18(10-12-19)23(13-5-14-23)22(28)26-15-4-6-17(16-26)21(27)25-20-7-2-1-3-8-20/h1-3,7-12,17H,4-6,13-16H2,(H,25,27). The van der Waals surface area contributed by atoms with E-state index in [1.165, 1.54) is 12.1 Å². The van der Waals surface area contributed by atoms with Crippen molar-refractivity contribution in [2.45, 2.75) is 37.5 Å². The summed E-state index contributed by atoms with van der Waals surface area (Å²) in [6.07, 6.45) is 4.17. The van der Waals surface area contributed by atoms with Gasteiger partial charge in [-0.25, -0.2) is 4.39 Å². The van der Waals surface area contributed by atoms with Crippen LogP contribution in [0.25, 0.3) is 0 Å². The van der Waals surface area contributed by atoms with Crippen LogP contribution in [-0.4, -0.2) is 29.8 Å². The van der Waals surface area contributed by atoms with Crippen LogP contribution in [0, 0.1) is 11.7 Å². The van der Waals surface area contributed by atoms with Crippen molar-refractivity contribution in [1.82, 2.24) is 4.90 Å². The second-order valence-electron chi connectivity index (χ2n) is 7.89. The van der Waals surface area contributed by atoms with E-state index < -0.39 is 5.41 Å². The highest BCUT2D eigenvalue weighted by molar-refractivity contribution is 5.94. The average Bonchev–Trinajstić information content (AvgIpc) is 2.69. The Balaban J connectivity index is 1.47. The summed E-state index contributed by atoms with van der Waals surface area (Å²) in [5.74, 6) is -0.444. The number of halogens is 1. The molecule has 2 aliphatic rings. The van der Waals surface area contributed by atoms with E-state index in [2.05, 4.69) is 5.32 Å². The van der Waals surface area contributed by atoms with Gasteiger partial charge in [0.25, 0.3) is 0 Å². The van der Waals surface area contributed by atoms with E-state index in [0.29, 0.717) is 13.1 Å². The van der Waals surface area contributed by atoms with Gasteiger partial charge < -0.3 is 10.2 Å². The predicted octanol–water partition coefficient (Wildman–Crippen LogP) is 4.12. The van der Waals surface area contributed by atoms with Gasteiger partial charge in [-0.3, -0.25) is 9.59 Å². The molecule has 2 fully saturated rings. The molecule has 4 rings (SSSR count). The molecular weight excluding hydrogens is 355 g/mol. The lowest BCUT2D eigenvalue weighted by molar-refractivity contribution is -0.143. The zero-order valence-electron chi connectivity index (χ0n) is 15.9. The van der Waals surface area contributed by atoms with Gasteiger partial charge in [0, 0.05) is 18.8 Å². The van der Waals surface area contributed by atoms with Gasteiger partial charge >= 0.3 is 0 Å². The first-order chi connectivity index (χ1) is 13.6. The van der Waals surface area contributed by atoms with Crippen molar-refractivity contribution < 1.29 is 14.0 Å². The molecule has 2 amide bonds. The maximum absolute atomic E-state index is 13.4. The van der Waals surface area contributed by atoms with Crippen molar-refractivity contribution in [3.63, 3.8) is 0 Å². The maximum atomic E-state index is 13.4. The van der Waals surface area contributed by atoms with Crippen molar-refractivity contribution in [3.05, 3.63) is 66.0 Å². The monoisotopic (exact) mass is 380 g/mol. The Labute approximate surface area is 164 Å². The summed E-state index contributed by atoms with van der Waals surface area (Å²) in [5.41, 5.74) is 1.12. The van der Waals surface area contributed by atoms with E-state index in [1.54, 1.807) is 12.1 Å². The topological polar surface area (TPSA) is 49.4 Å². The fraction of sp³-hybridized carbons (Fsp3) is 0.391. The Hall–Kier alpha value is -2.69. The highest BCUT2D eigenvalue weighted by atomic mass is 19.1. The van der Waals surface area contributed by atoms with Gasteiger partial charge in [-0.1, -0.05) is 36.8 Å². The SMILES string of the molecule is O=C(Nc1ccccc1)C1CCCN(C(=O)C2(c3ccc(F)cc3)CCC2)C1. The van der Waals surface area contributed by atoms with E-state index in [-0.39, 0.29) is 23.5 Å². The molecular formula is C23H25FN2O2. The minimum absolute atomic E-state index is 0.0341. The molecule has 1 aliphatic carbocycles. The zero-order valence-corrected chi connectivity index (χ0v) is 15.9. The van der Waals surface area contributed by atoms with E-state index >= 15 is 0 Å². The number of para-hydroxylation sites is 1. The zero-order chi connectivity index (χ0) is 19.6. The van der Waals surface area contributed by atoms with Gasteiger partial charge in [0.15, 0.2) is 0 Å². The molecule has 1 aliphatic heterocycles. The first-order valence-electron chi connectivity index (χ1n) is 10.00. The van der Waals surface area contributed by atoms with E-state index in [1.807, 2.05) is 35.2 Å². The van der Waals surface area contributed by atoms with Crippen LogP contribution in [0.15, 0.2) is 54.6 Å². The molecule has 1 saturated heterocycles. The average molecular weight is 380 g/mol. The van der Waals surface area contributed by atoms with Gasteiger partial charge in [0.1, 0.15) is 5.82 Å². The van der Waals surface area contributed by atoms with Gasteiger partial charge in [-0.05, 0) is 55.5 Å². The number of benzene rings is 2. The minimum atomic E-state index is -0.550. The van der Waals surface area contributed by atoms with Crippen molar-refractivity contribution in [2.24, 2.45) is 5.92 Å². The Bertz CT molecular complexity index is 847. The number of amides is 2. The van der Waals surface area contributed by atoms with Gasteiger partial charge in [-0.15, -0.1) is 0 Å². The molecule has 0 bridgehead atoms. The Kier molecular flexibility index (Phi) is 5.16. The van der Waals surface area contributed by atoms with E-state index in [9.17, 15) is 14.0 Å². The van der Waals surface area contributed by atoms with Crippen molar-refractivity contribution in [3.8, 4) is 0 Å². The van der Waals surface area contributed by atoms with Crippen LogP contribution in [0.3, 0.4) is 0 Å². The fourth-order valence-electron chi connectivity index (χ4n) is 4.37. The third-order valence-electron chi connectivity index (χ3n) is 6.13. The summed E-state index contributed by atoms with van der Waals surface area (Å²) < 4.78 is 13.3. The molecule has 1 unspecified atom stereocenters. The molecule has 1 atom stereocenters. The van der Waals surface area contributed by atoms with Crippen molar-refractivity contribution in [1.29, 1.82) is 0 Å². The number of piperidine rings is 1. The molecule has 1 saturated carbocycles. The molecule has 4 nitrogen and oxygen atoms in total. The molecule has 0 radical (unpaired) electrons. The summed E-state index contributed by atoms with van der Waals surface area (Å²) in [6.45, 7) is 1.12. The number of carbonyl (C=O) groups excluding carboxylic acids is 2. The number of anilines is 1.